The van der Waals surface area contributed by atoms with E-state index in [0.717, 1.165) is 0 Å². The number of nitrogens with two attached hydrogens (primary N) is 1. The number of nitrogens with zero attached hydrogens (tertiary/aromatic N) is 1. The molecule has 1 amide bonds. The first-order valence-electron chi connectivity index (χ1n) is 10.4. The number of amides is 1. The van der Waals surface area contributed by atoms with Crippen LogP contribution in [0, 0.1) is 0 Å². The van der Waals surface area contributed by atoms with Crippen molar-refractivity contribution >= 4 is 21.6 Å². The highest BCUT2D eigenvalue weighted by atomic mass is 31.3. The van der Waals surface area contributed by atoms with E-state index in [1.165, 1.54) is 18.0 Å². The zero-order chi connectivity index (χ0) is 26.3. The molecule has 0 aromatic rings. The number of carbonyl (C=O) groups excluding carboxylic acids is 1. The standard InChI is InChI=1S/C17H29N3O13P2/c1-7-5-20(9(3)19-16(7)24)12-4-10(21)11(31-12)6-29-34(25,26)33-35(27,28)32-17-15(23)13(18)14(22)8(2)30-17/h5,8,10-15,17,21-23H,3-4,6,18H2,1-2H3,(H,19,24)(H,25,26)(H,27,28)/t8?,10?,11-,12-,13+,14+,15?,17+/m1/s1. The second-order valence-electron chi connectivity index (χ2n) is 8.24. The van der Waals surface area contributed by atoms with Gasteiger partial charge >= 0.3 is 15.6 Å². The van der Waals surface area contributed by atoms with Crippen molar-refractivity contribution in [3.63, 3.8) is 0 Å². The predicted octanol–water partition coefficient (Wildman–Crippen LogP) is -1.69. The number of carbonyl (C=O) groups is 1. The van der Waals surface area contributed by atoms with Gasteiger partial charge in [-0.3, -0.25) is 13.8 Å². The summed E-state index contributed by atoms with van der Waals surface area (Å²) in [6, 6.07) is -1.29. The van der Waals surface area contributed by atoms with Crippen LogP contribution in [0.5, 0.6) is 0 Å². The largest absolute Gasteiger partial charge is 0.483 e. The lowest BCUT2D eigenvalue weighted by Gasteiger charge is -2.39. The fraction of sp³-hybridized carbons (Fsp3) is 0.706. The number of phosphoric acid groups is 2. The van der Waals surface area contributed by atoms with Gasteiger partial charge in [0.05, 0.1) is 31.0 Å². The van der Waals surface area contributed by atoms with Gasteiger partial charge in [-0.25, -0.2) is 9.13 Å². The number of ether oxygens (including phenoxy) is 2. The highest BCUT2D eigenvalue weighted by Gasteiger charge is 2.47. The Kier molecular flexibility index (Phi) is 8.61. The molecule has 5 unspecified atom stereocenters. The Morgan fingerprint density at radius 1 is 1.23 bits per heavy atom. The van der Waals surface area contributed by atoms with Crippen LogP contribution in [-0.2, 0) is 36.8 Å². The summed E-state index contributed by atoms with van der Waals surface area (Å²) >= 11 is 0. The van der Waals surface area contributed by atoms with Gasteiger partial charge in [-0.15, -0.1) is 0 Å². The van der Waals surface area contributed by atoms with Crippen molar-refractivity contribution in [1.82, 2.24) is 10.2 Å². The predicted molar refractivity (Wildman–Crippen MR) is 114 cm³/mol. The Balaban J connectivity index is 1.55. The van der Waals surface area contributed by atoms with Crippen LogP contribution in [0.1, 0.15) is 20.3 Å². The molecule has 0 aliphatic carbocycles. The molecule has 2 fully saturated rings. The van der Waals surface area contributed by atoms with Gasteiger partial charge in [0.2, 0.25) is 0 Å². The minimum absolute atomic E-state index is 0.0199. The first-order chi connectivity index (χ1) is 16.1. The lowest BCUT2D eigenvalue weighted by molar-refractivity contribution is -0.240. The Morgan fingerprint density at radius 2 is 1.89 bits per heavy atom. The molecule has 200 valence electrons. The third-order valence-electron chi connectivity index (χ3n) is 5.52. The zero-order valence-corrected chi connectivity index (χ0v) is 20.5. The molecule has 3 heterocycles. The Morgan fingerprint density at radius 3 is 2.54 bits per heavy atom. The maximum absolute atomic E-state index is 12.2. The average molecular weight is 545 g/mol. The SMILES string of the molecule is C=C1NC(=O)C(C)=CN1[C@H]1CC(O)[C@@H](COP(=O)(O)OP(=O)(O)O[C@@H]2OC(C)[C@H](O)[C@H](N)C2O)O1. The summed E-state index contributed by atoms with van der Waals surface area (Å²) in [6.07, 6.45) is -7.52. The van der Waals surface area contributed by atoms with Gasteiger partial charge in [0.25, 0.3) is 5.91 Å². The second-order valence-corrected chi connectivity index (χ2v) is 11.2. The topological polar surface area (TPSA) is 240 Å². The molecular weight excluding hydrogens is 516 g/mol. The number of hydrogen-bond acceptors (Lipinski definition) is 13. The molecule has 18 heteroatoms. The van der Waals surface area contributed by atoms with Crippen LogP contribution >= 0.6 is 15.6 Å². The van der Waals surface area contributed by atoms with Crippen molar-refractivity contribution in [3.8, 4) is 0 Å². The van der Waals surface area contributed by atoms with Crippen molar-refractivity contribution in [3.05, 3.63) is 24.2 Å². The third kappa shape index (κ3) is 6.76. The molecule has 0 aromatic heterocycles. The van der Waals surface area contributed by atoms with Crippen LogP contribution < -0.4 is 11.1 Å². The number of aliphatic hydroxyl groups excluding tert-OH is 3. The van der Waals surface area contributed by atoms with Crippen molar-refractivity contribution in [2.45, 2.75) is 69.3 Å². The Bertz CT molecular complexity index is 964. The number of aliphatic hydroxyl groups is 3. The van der Waals surface area contributed by atoms with Crippen molar-refractivity contribution in [2.75, 3.05) is 6.61 Å². The molecule has 35 heavy (non-hydrogen) atoms. The van der Waals surface area contributed by atoms with Gasteiger partial charge in [-0.05, 0) is 13.8 Å². The Labute approximate surface area is 200 Å². The van der Waals surface area contributed by atoms with E-state index in [4.69, 9.17) is 19.7 Å². The maximum atomic E-state index is 12.2. The number of nitrogens with one attached hydrogen (secondary N) is 1. The number of phosphoric ester groups is 2. The third-order valence-corrected chi connectivity index (χ3v) is 8.12. The molecule has 0 spiro atoms. The van der Waals surface area contributed by atoms with E-state index in [-0.39, 0.29) is 18.1 Å². The molecule has 3 aliphatic heterocycles. The summed E-state index contributed by atoms with van der Waals surface area (Å²) in [7, 11) is -10.6. The monoisotopic (exact) mass is 545 g/mol. The highest BCUT2D eigenvalue weighted by molar-refractivity contribution is 7.61. The van der Waals surface area contributed by atoms with Crippen LogP contribution in [0.15, 0.2) is 24.2 Å². The van der Waals surface area contributed by atoms with Crippen molar-refractivity contribution < 1.29 is 61.9 Å². The van der Waals surface area contributed by atoms with Gasteiger partial charge in [0.1, 0.15) is 24.3 Å². The molecule has 8 N–H and O–H groups in total. The lowest BCUT2D eigenvalue weighted by Crippen LogP contribution is -2.60. The molecule has 0 aromatic carbocycles. The van der Waals surface area contributed by atoms with E-state index in [0.29, 0.717) is 5.57 Å². The summed E-state index contributed by atoms with van der Waals surface area (Å²) in [4.78, 5) is 32.9. The minimum atomic E-state index is -5.36. The van der Waals surface area contributed by atoms with E-state index in [9.17, 15) is 39.0 Å². The summed E-state index contributed by atoms with van der Waals surface area (Å²) in [5.74, 6) is -0.153. The van der Waals surface area contributed by atoms with Gasteiger partial charge in [0.15, 0.2) is 6.29 Å². The summed E-state index contributed by atoms with van der Waals surface area (Å²) in [5, 5.41) is 32.5. The molecule has 2 saturated heterocycles. The molecule has 3 rings (SSSR count). The van der Waals surface area contributed by atoms with E-state index >= 15 is 0 Å². The molecule has 0 bridgehead atoms. The minimum Gasteiger partial charge on any atom is -0.390 e. The van der Waals surface area contributed by atoms with Gasteiger partial charge < -0.3 is 50.5 Å². The second kappa shape index (κ2) is 10.6. The van der Waals surface area contributed by atoms with Gasteiger partial charge in [-0.2, -0.15) is 4.31 Å². The Hall–Kier alpha value is -1.23. The van der Waals surface area contributed by atoms with Crippen LogP contribution in [0.25, 0.3) is 0 Å². The van der Waals surface area contributed by atoms with E-state index in [1.807, 2.05) is 0 Å². The van der Waals surface area contributed by atoms with Crippen LogP contribution in [0.4, 0.5) is 0 Å². The summed E-state index contributed by atoms with van der Waals surface area (Å²) < 4.78 is 48.6. The quantitative estimate of drug-likeness (QED) is 0.168. The fourth-order valence-corrected chi connectivity index (χ4v) is 5.72. The van der Waals surface area contributed by atoms with Crippen molar-refractivity contribution in [1.29, 1.82) is 0 Å². The first-order valence-corrected chi connectivity index (χ1v) is 13.4. The smallest absolute Gasteiger partial charge is 0.390 e. The van der Waals surface area contributed by atoms with Gasteiger partial charge in [-0.1, -0.05) is 6.58 Å². The maximum Gasteiger partial charge on any atom is 0.483 e. The number of hydrogen-bond donors (Lipinski definition) is 7. The molecule has 10 atom stereocenters. The fourth-order valence-electron chi connectivity index (χ4n) is 3.56. The summed E-state index contributed by atoms with van der Waals surface area (Å²) in [5.41, 5.74) is 5.96. The lowest BCUT2D eigenvalue weighted by atomic mass is 9.98. The molecule has 0 radical (unpaired) electrons. The molecule has 16 nitrogen and oxygen atoms in total. The summed E-state index contributed by atoms with van der Waals surface area (Å²) in [6.45, 7) is 5.89. The van der Waals surface area contributed by atoms with Crippen LogP contribution in [0.3, 0.4) is 0 Å². The van der Waals surface area contributed by atoms with Crippen LogP contribution in [-0.4, -0.2) is 91.6 Å². The van der Waals surface area contributed by atoms with Gasteiger partial charge in [0, 0.05) is 18.2 Å². The highest BCUT2D eigenvalue weighted by Crippen LogP contribution is 2.61. The molecular formula is C17H29N3O13P2. The molecule has 3 aliphatic rings. The van der Waals surface area contributed by atoms with E-state index in [1.54, 1.807) is 6.92 Å². The van der Waals surface area contributed by atoms with Crippen molar-refractivity contribution in [2.24, 2.45) is 5.73 Å². The van der Waals surface area contributed by atoms with E-state index in [2.05, 4.69) is 20.7 Å². The normalized spacial score (nSPS) is 39.5. The van der Waals surface area contributed by atoms with E-state index < -0.39 is 71.3 Å². The zero-order valence-electron chi connectivity index (χ0n) is 18.7. The first kappa shape index (κ1) is 28.3. The van der Waals surface area contributed by atoms with Crippen LogP contribution in [0.2, 0.25) is 0 Å². The average Bonchev–Trinajstić information content (AvgIpc) is 3.11. The molecule has 0 saturated carbocycles. The number of rotatable bonds is 8.